The molecule has 24 nitrogen and oxygen atoms in total. The Morgan fingerprint density at radius 2 is 0.709 bits per heavy atom. The molecule has 15 rings (SSSR count). The molecule has 0 aliphatic carbocycles. The lowest BCUT2D eigenvalue weighted by Gasteiger charge is -2.14. The fraction of sp³-hybridized carbons (Fsp3) is 0.0729. The van der Waals surface area contributed by atoms with Crippen LogP contribution in [-0.2, 0) is 0 Å². The SMILES string of the molecule is C#Cc1cccc(C(=O)Nc2cc(Cl)cc(Oc3ccc(C)nc3)c2)c1.CC(F)(F)Oc1cccc(C(=O)Nc2cc(F)cc(Oc3cncnc3)c2)c1.Cc1cccc(C(=O)Nc2cc(Cl)cc(Oc3ccc(C)nc3)c2)c1.Cc1cccc(C(=O)Nc2cc(F)c(F)c(Oc3cncnc3)c2)c1.Cc1cccc(C(=O)Nc2cccc(Oc3cncnc3)c2)c1. The van der Waals surface area contributed by atoms with Gasteiger partial charge in [0.1, 0.15) is 65.0 Å². The summed E-state index contributed by atoms with van der Waals surface area (Å²) in [6.07, 6.45) is 17.8. The van der Waals surface area contributed by atoms with Gasteiger partial charge in [-0.3, -0.25) is 33.9 Å². The van der Waals surface area contributed by atoms with Crippen molar-refractivity contribution in [3.8, 4) is 75.6 Å². The summed E-state index contributed by atoms with van der Waals surface area (Å²) < 4.78 is 99.8. The number of aryl methyl sites for hydroxylation is 5. The highest BCUT2D eigenvalue weighted by Gasteiger charge is 2.24. The maximum Gasteiger partial charge on any atom is 0.394 e. The van der Waals surface area contributed by atoms with E-state index < -0.39 is 35.4 Å². The molecule has 0 spiro atoms. The monoisotopic (exact) mass is 1750 g/mol. The molecule has 5 N–H and O–H groups in total. The van der Waals surface area contributed by atoms with Crippen molar-refractivity contribution in [3.63, 3.8) is 0 Å². The van der Waals surface area contributed by atoms with Gasteiger partial charge in [0.05, 0.1) is 49.6 Å². The van der Waals surface area contributed by atoms with Crippen molar-refractivity contribution >= 4 is 81.2 Å². The van der Waals surface area contributed by atoms with Crippen LogP contribution in [0.25, 0.3) is 0 Å². The van der Waals surface area contributed by atoms with Crippen LogP contribution in [0.3, 0.4) is 0 Å². The largest absolute Gasteiger partial charge is 0.456 e. The first-order chi connectivity index (χ1) is 61.0. The average Bonchev–Trinajstić information content (AvgIpc) is 0.787. The van der Waals surface area contributed by atoms with Crippen molar-refractivity contribution in [3.05, 3.63) is 394 Å². The minimum atomic E-state index is -3.38. The zero-order chi connectivity index (χ0) is 90.4. The number of halogens is 7. The van der Waals surface area contributed by atoms with Gasteiger partial charge in [0.2, 0.25) is 5.82 Å². The molecule has 10 aromatic carbocycles. The summed E-state index contributed by atoms with van der Waals surface area (Å²) in [6, 6.07) is 64.1. The third-order valence-corrected chi connectivity index (χ3v) is 17.2. The maximum atomic E-state index is 13.9. The molecular formula is C96H74Cl2F5N13O11. The molecular weight excluding hydrogens is 1680 g/mol. The van der Waals surface area contributed by atoms with E-state index in [0.29, 0.717) is 96.3 Å². The highest BCUT2D eigenvalue weighted by atomic mass is 35.5. The van der Waals surface area contributed by atoms with E-state index in [1.165, 1.54) is 74.1 Å². The Morgan fingerprint density at radius 3 is 1.14 bits per heavy atom. The predicted octanol–water partition coefficient (Wildman–Crippen LogP) is 23.1. The second-order valence-corrected chi connectivity index (χ2v) is 28.2. The van der Waals surface area contributed by atoms with Gasteiger partial charge in [-0.25, -0.2) is 38.7 Å². The lowest BCUT2D eigenvalue weighted by atomic mass is 10.1. The van der Waals surface area contributed by atoms with Gasteiger partial charge in [-0.05, 0) is 174 Å². The van der Waals surface area contributed by atoms with Gasteiger partial charge in [-0.15, -0.1) is 6.42 Å². The Kier molecular flexibility index (Phi) is 32.0. The summed E-state index contributed by atoms with van der Waals surface area (Å²) in [4.78, 5) is 92.9. The van der Waals surface area contributed by atoms with Crippen molar-refractivity contribution in [1.82, 2.24) is 39.9 Å². The fourth-order valence-corrected chi connectivity index (χ4v) is 11.6. The molecule has 0 saturated carbocycles. The van der Waals surface area contributed by atoms with E-state index in [0.717, 1.165) is 52.3 Å². The molecule has 0 fully saturated rings. The Morgan fingerprint density at radius 1 is 0.346 bits per heavy atom. The molecule has 638 valence electrons. The molecule has 5 amide bonds. The van der Waals surface area contributed by atoms with E-state index in [4.69, 9.17) is 53.3 Å². The third-order valence-electron chi connectivity index (χ3n) is 16.8. The lowest BCUT2D eigenvalue weighted by molar-refractivity contribution is -0.159. The van der Waals surface area contributed by atoms with Crippen LogP contribution >= 0.6 is 23.2 Å². The van der Waals surface area contributed by atoms with Crippen molar-refractivity contribution in [2.45, 2.75) is 47.7 Å². The standard InChI is InChI=1S/C21H15ClN2O2.C20H17ClN2O2.C19H14F3N3O3.C18H13F2N3O2.C18H15N3O2/c1-3-15-5-4-6-16(9-15)21(25)24-18-10-17(22)11-20(12-18)26-19-8-7-14(2)23-13-19;1-13-4-3-5-15(8-13)20(24)23-17-9-16(21)10-19(11-17)25-18-7-6-14(2)22-12-18;1-19(21,22)28-15-4-2-3-12(5-15)18(26)25-14-6-13(20)7-16(8-14)27-17-9-23-11-24-10-17;1-11-3-2-4-12(5-11)18(24)23-13-6-15(19)17(20)16(7-13)25-14-8-21-10-22-9-14;1-13-4-2-5-14(8-13)18(22)21-15-6-3-7-16(9-15)23-17-10-19-12-20-11-17/h1,4-13H,2H3,(H,24,25);3-12H,1-2H3,(H,23,24);2-11H,1H3,(H,25,26);2-10H,1H3,(H,23,24);2-12H,1H3,(H,21,22). The highest BCUT2D eigenvalue weighted by molar-refractivity contribution is 6.31. The summed E-state index contributed by atoms with van der Waals surface area (Å²) in [5, 5.41) is 14.4. The second-order valence-electron chi connectivity index (χ2n) is 27.4. The molecule has 5 aromatic heterocycles. The van der Waals surface area contributed by atoms with Gasteiger partial charge < -0.3 is 55.0 Å². The smallest absolute Gasteiger partial charge is 0.394 e. The van der Waals surface area contributed by atoms with Crippen molar-refractivity contribution in [1.29, 1.82) is 0 Å². The van der Waals surface area contributed by atoms with Crippen LogP contribution in [0.4, 0.5) is 50.4 Å². The van der Waals surface area contributed by atoms with Crippen LogP contribution in [0, 0.1) is 64.4 Å². The number of hydrogen-bond acceptors (Lipinski definition) is 19. The Balaban J connectivity index is 0.000000154. The molecule has 0 aliphatic rings. The number of rotatable bonds is 22. The first kappa shape index (κ1) is 91.4. The number of aromatic nitrogens is 8. The number of anilines is 5. The number of nitrogens with zero attached hydrogens (tertiary/aromatic N) is 8. The van der Waals surface area contributed by atoms with E-state index in [1.54, 1.807) is 128 Å². The summed E-state index contributed by atoms with van der Waals surface area (Å²) in [6.45, 7) is 10.1. The molecule has 15 aromatic rings. The first-order valence-electron chi connectivity index (χ1n) is 38.1. The van der Waals surface area contributed by atoms with Crippen LogP contribution < -0.4 is 55.0 Å². The summed E-state index contributed by atoms with van der Waals surface area (Å²) in [7, 11) is 0. The Hall–Kier alpha value is -16.3. The molecule has 5 heterocycles. The minimum Gasteiger partial charge on any atom is -0.456 e. The minimum absolute atomic E-state index is 0.0601. The third kappa shape index (κ3) is 29.8. The number of ether oxygens (including phenoxy) is 6. The second kappa shape index (κ2) is 44.5. The summed E-state index contributed by atoms with van der Waals surface area (Å²) >= 11 is 12.3. The quantitative estimate of drug-likeness (QED) is 0.0311. The number of benzene rings is 10. The van der Waals surface area contributed by atoms with E-state index in [1.807, 2.05) is 113 Å². The van der Waals surface area contributed by atoms with Gasteiger partial charge in [0, 0.05) is 133 Å². The van der Waals surface area contributed by atoms with Crippen molar-refractivity contribution in [2.24, 2.45) is 0 Å². The maximum absolute atomic E-state index is 13.9. The van der Waals surface area contributed by atoms with Crippen molar-refractivity contribution in [2.75, 3.05) is 26.6 Å². The number of carbonyl (C=O) groups is 5. The van der Waals surface area contributed by atoms with Gasteiger partial charge >= 0.3 is 6.11 Å². The number of carbonyl (C=O) groups excluding carboxylic acids is 5. The summed E-state index contributed by atoms with van der Waals surface area (Å²) in [5.41, 5.74) is 9.47. The van der Waals surface area contributed by atoms with E-state index in [-0.39, 0.29) is 63.4 Å². The van der Waals surface area contributed by atoms with Gasteiger partial charge in [-0.1, -0.05) is 100 Å². The van der Waals surface area contributed by atoms with Crippen LogP contribution in [0.5, 0.6) is 63.2 Å². The number of alkyl halides is 2. The molecule has 0 aliphatic heterocycles. The van der Waals surface area contributed by atoms with Crippen LogP contribution in [-0.4, -0.2) is 75.5 Å². The van der Waals surface area contributed by atoms with Gasteiger partial charge in [0.15, 0.2) is 28.8 Å². The first-order valence-corrected chi connectivity index (χ1v) is 38.8. The fourth-order valence-electron chi connectivity index (χ4n) is 11.2. The number of pyridine rings is 2. The van der Waals surface area contributed by atoms with Crippen molar-refractivity contribution < 1.29 is 74.3 Å². The van der Waals surface area contributed by atoms with Gasteiger partial charge in [0.25, 0.3) is 29.5 Å². The predicted molar refractivity (Wildman–Crippen MR) is 472 cm³/mol. The topological polar surface area (TPSA) is 304 Å². The van der Waals surface area contributed by atoms with E-state index >= 15 is 0 Å². The van der Waals surface area contributed by atoms with Crippen LogP contribution in [0.1, 0.15) is 92.4 Å². The number of amides is 5. The summed E-state index contributed by atoms with van der Waals surface area (Å²) in [5.74, 6) is 1.16. The van der Waals surface area contributed by atoms with E-state index in [9.17, 15) is 45.9 Å². The average molecular weight is 1750 g/mol. The van der Waals surface area contributed by atoms with E-state index in [2.05, 4.69) is 77.1 Å². The highest BCUT2D eigenvalue weighted by Crippen LogP contribution is 2.35. The molecule has 0 radical (unpaired) electrons. The van der Waals surface area contributed by atoms with Crippen LogP contribution in [0.15, 0.2) is 305 Å². The molecule has 0 saturated heterocycles. The zero-order valence-corrected chi connectivity index (χ0v) is 69.7. The molecule has 0 atom stereocenters. The molecule has 31 heteroatoms. The lowest BCUT2D eigenvalue weighted by Crippen LogP contribution is -2.19. The number of nitrogens with one attached hydrogen (secondary N) is 5. The molecule has 127 heavy (non-hydrogen) atoms. The zero-order valence-electron chi connectivity index (χ0n) is 68.2. The molecule has 0 unspecified atom stereocenters. The van der Waals surface area contributed by atoms with Crippen LogP contribution in [0.2, 0.25) is 10.0 Å². The normalized spacial score (nSPS) is 10.4. The number of terminal acetylenes is 1. The Labute approximate surface area is 735 Å². The number of hydrogen-bond donors (Lipinski definition) is 5. The van der Waals surface area contributed by atoms with Gasteiger partial charge in [-0.2, -0.15) is 13.2 Å². The molecule has 0 bridgehead atoms. The Bertz CT molecular complexity index is 6410.